The van der Waals surface area contributed by atoms with Gasteiger partial charge in [0.15, 0.2) is 0 Å². The Morgan fingerprint density at radius 3 is 2.70 bits per heavy atom. The normalized spacial score (nSPS) is 25.1. The number of β-amino-alcohol motifs (C(OH)–C–C–N with tert-alkyl or cyclic N) is 1. The Bertz CT molecular complexity index is 568. The van der Waals surface area contributed by atoms with Crippen LogP contribution >= 0.6 is 0 Å². The second-order valence-corrected chi connectivity index (χ2v) is 7.11. The fraction of sp³-hybridized carbons (Fsp3) is 0.588. The van der Waals surface area contributed by atoms with E-state index in [0.717, 1.165) is 0 Å². The molecule has 0 aliphatic carbocycles. The number of benzene rings is 1. The van der Waals surface area contributed by atoms with E-state index in [1.54, 1.807) is 39.8 Å². The summed E-state index contributed by atoms with van der Waals surface area (Å²) in [6.07, 6.45) is -0.548. The number of amides is 1. The molecule has 5 nitrogen and oxygen atoms in total. The number of ether oxygens (including phenoxy) is 2. The summed E-state index contributed by atoms with van der Waals surface area (Å²) in [6.45, 7) is 7.50. The largest absolute Gasteiger partial charge is 0.487 e. The van der Waals surface area contributed by atoms with Gasteiger partial charge in [-0.2, -0.15) is 0 Å². The predicted octanol–water partition coefficient (Wildman–Crippen LogP) is 2.96. The van der Waals surface area contributed by atoms with Crippen LogP contribution in [0.25, 0.3) is 0 Å². The van der Waals surface area contributed by atoms with Gasteiger partial charge in [0.05, 0.1) is 6.54 Å². The van der Waals surface area contributed by atoms with Crippen molar-refractivity contribution in [3.8, 4) is 5.75 Å². The minimum Gasteiger partial charge on any atom is -0.487 e. The van der Waals surface area contributed by atoms with Crippen LogP contribution in [0.1, 0.15) is 34.1 Å². The lowest BCUT2D eigenvalue weighted by Gasteiger charge is -2.42. The maximum atomic E-state index is 13.2. The van der Waals surface area contributed by atoms with Crippen LogP contribution in [0.15, 0.2) is 24.3 Å². The Morgan fingerprint density at radius 1 is 1.43 bits per heavy atom. The molecule has 23 heavy (non-hydrogen) atoms. The van der Waals surface area contributed by atoms with Gasteiger partial charge in [-0.05, 0) is 39.8 Å². The zero-order valence-corrected chi connectivity index (χ0v) is 14.0. The van der Waals surface area contributed by atoms with Crippen molar-refractivity contribution in [2.75, 3.05) is 13.1 Å². The summed E-state index contributed by atoms with van der Waals surface area (Å²) in [6, 6.07) is 5.79. The third-order valence-electron chi connectivity index (χ3n) is 3.59. The van der Waals surface area contributed by atoms with Gasteiger partial charge < -0.3 is 19.5 Å². The lowest BCUT2D eigenvalue weighted by molar-refractivity contribution is -0.0978. The first kappa shape index (κ1) is 17.5. The van der Waals surface area contributed by atoms with Gasteiger partial charge in [-0.25, -0.2) is 9.18 Å². The molecule has 1 saturated heterocycles. The molecule has 1 amide bonds. The number of hydrogen-bond donors (Lipinski definition) is 1. The maximum Gasteiger partial charge on any atom is 0.410 e. The molecule has 1 fully saturated rings. The van der Waals surface area contributed by atoms with Crippen LogP contribution in [0.4, 0.5) is 9.18 Å². The predicted molar refractivity (Wildman–Crippen MR) is 83.9 cm³/mol. The quantitative estimate of drug-likeness (QED) is 0.908. The first-order chi connectivity index (χ1) is 10.6. The topological polar surface area (TPSA) is 59.0 Å². The summed E-state index contributed by atoms with van der Waals surface area (Å²) >= 11 is 0. The number of carbonyl (C=O) groups excluding carboxylic acids is 1. The number of aliphatic hydroxyl groups is 1. The van der Waals surface area contributed by atoms with Gasteiger partial charge in [-0.15, -0.1) is 0 Å². The van der Waals surface area contributed by atoms with Gasteiger partial charge in [0, 0.05) is 19.0 Å². The molecule has 6 heteroatoms. The smallest absolute Gasteiger partial charge is 0.410 e. The molecule has 1 aliphatic heterocycles. The van der Waals surface area contributed by atoms with E-state index in [0.29, 0.717) is 18.7 Å². The molecule has 128 valence electrons. The molecule has 1 aromatic carbocycles. The number of nitrogens with zero attached hydrogens (tertiary/aromatic N) is 1. The van der Waals surface area contributed by atoms with E-state index in [4.69, 9.17) is 9.47 Å². The van der Waals surface area contributed by atoms with Crippen molar-refractivity contribution in [1.82, 2.24) is 4.90 Å². The zero-order chi connectivity index (χ0) is 17.3. The monoisotopic (exact) mass is 325 g/mol. The Morgan fingerprint density at radius 2 is 2.13 bits per heavy atom. The van der Waals surface area contributed by atoms with Gasteiger partial charge in [0.2, 0.25) is 0 Å². The van der Waals surface area contributed by atoms with Gasteiger partial charge >= 0.3 is 6.09 Å². The van der Waals surface area contributed by atoms with Crippen LogP contribution in [-0.4, -0.2) is 46.5 Å². The summed E-state index contributed by atoms with van der Waals surface area (Å²) in [7, 11) is 0. The highest BCUT2D eigenvalue weighted by Crippen LogP contribution is 2.27. The highest BCUT2D eigenvalue weighted by Gasteiger charge is 2.42. The van der Waals surface area contributed by atoms with E-state index >= 15 is 0 Å². The second-order valence-electron chi connectivity index (χ2n) is 7.11. The summed E-state index contributed by atoms with van der Waals surface area (Å²) < 4.78 is 24.3. The standard InChI is InChI=1S/C17H24FNO4/c1-16(2,3)23-15(20)19-9-8-14(17(4,21)11-19)22-13-7-5-6-12(18)10-13/h5-7,10,14,21H,8-9,11H2,1-4H3/t14-,17-/m0/s1. The third-order valence-corrected chi connectivity index (χ3v) is 3.59. The van der Waals surface area contributed by atoms with Gasteiger partial charge in [-0.3, -0.25) is 0 Å². The summed E-state index contributed by atoms with van der Waals surface area (Å²) in [5.74, 6) is -0.0330. The zero-order valence-electron chi connectivity index (χ0n) is 14.0. The van der Waals surface area contributed by atoms with E-state index in [9.17, 15) is 14.3 Å². The molecule has 0 bridgehead atoms. The molecular weight excluding hydrogens is 301 g/mol. The van der Waals surface area contributed by atoms with Crippen molar-refractivity contribution in [3.63, 3.8) is 0 Å². The van der Waals surface area contributed by atoms with E-state index < -0.39 is 29.2 Å². The summed E-state index contributed by atoms with van der Waals surface area (Å²) in [5, 5.41) is 10.6. The van der Waals surface area contributed by atoms with Crippen molar-refractivity contribution in [3.05, 3.63) is 30.1 Å². The second kappa shape index (κ2) is 6.35. The number of likely N-dealkylation sites (tertiary alicyclic amines) is 1. The summed E-state index contributed by atoms with van der Waals surface area (Å²) in [4.78, 5) is 13.6. The lowest BCUT2D eigenvalue weighted by atomic mass is 9.91. The Labute approximate surface area is 136 Å². The van der Waals surface area contributed by atoms with Crippen molar-refractivity contribution < 1.29 is 23.8 Å². The van der Waals surface area contributed by atoms with Crippen LogP contribution in [0.2, 0.25) is 0 Å². The Kier molecular flexibility index (Phi) is 4.84. The molecular formula is C17H24FNO4. The fourth-order valence-electron chi connectivity index (χ4n) is 2.52. The van der Waals surface area contributed by atoms with Crippen LogP contribution < -0.4 is 4.74 Å². The molecule has 2 rings (SSSR count). The molecule has 0 radical (unpaired) electrons. The molecule has 1 aliphatic rings. The molecule has 1 heterocycles. The Hall–Kier alpha value is -1.82. The third kappa shape index (κ3) is 4.82. The fourth-order valence-corrected chi connectivity index (χ4v) is 2.52. The highest BCUT2D eigenvalue weighted by molar-refractivity contribution is 5.68. The van der Waals surface area contributed by atoms with Crippen molar-refractivity contribution >= 4 is 6.09 Å². The maximum absolute atomic E-state index is 13.2. The molecule has 1 aromatic rings. The van der Waals surface area contributed by atoms with Gasteiger partial charge in [0.25, 0.3) is 0 Å². The van der Waals surface area contributed by atoms with Crippen molar-refractivity contribution in [2.45, 2.75) is 51.4 Å². The molecule has 0 unspecified atom stereocenters. The molecule has 2 atom stereocenters. The van der Waals surface area contributed by atoms with Crippen LogP contribution in [0.3, 0.4) is 0 Å². The molecule has 0 saturated carbocycles. The van der Waals surface area contributed by atoms with Crippen molar-refractivity contribution in [2.24, 2.45) is 0 Å². The van der Waals surface area contributed by atoms with Crippen LogP contribution in [0, 0.1) is 5.82 Å². The number of rotatable bonds is 2. The molecule has 0 aromatic heterocycles. The van der Waals surface area contributed by atoms with E-state index in [1.807, 2.05) is 0 Å². The number of piperidine rings is 1. The van der Waals surface area contributed by atoms with E-state index in [1.165, 1.54) is 17.0 Å². The number of carbonyl (C=O) groups is 1. The average molecular weight is 325 g/mol. The number of halogens is 1. The van der Waals surface area contributed by atoms with Crippen LogP contribution in [0.5, 0.6) is 5.75 Å². The van der Waals surface area contributed by atoms with Crippen LogP contribution in [-0.2, 0) is 4.74 Å². The minimum atomic E-state index is -1.25. The van der Waals surface area contributed by atoms with E-state index in [2.05, 4.69) is 0 Å². The average Bonchev–Trinajstić information content (AvgIpc) is 2.39. The lowest BCUT2D eigenvalue weighted by Crippen LogP contribution is -2.58. The van der Waals surface area contributed by atoms with Crippen molar-refractivity contribution in [1.29, 1.82) is 0 Å². The molecule has 1 N–H and O–H groups in total. The summed E-state index contributed by atoms with van der Waals surface area (Å²) in [5.41, 5.74) is -1.83. The highest BCUT2D eigenvalue weighted by atomic mass is 19.1. The molecule has 0 spiro atoms. The van der Waals surface area contributed by atoms with Gasteiger partial charge in [-0.1, -0.05) is 6.07 Å². The van der Waals surface area contributed by atoms with Gasteiger partial charge in [0.1, 0.15) is 28.9 Å². The SMILES string of the molecule is CC(C)(C)OC(=O)N1CC[C@H](Oc2cccc(F)c2)[C@@](C)(O)C1. The first-order valence-electron chi connectivity index (χ1n) is 7.69. The number of hydrogen-bond acceptors (Lipinski definition) is 4. The Balaban J connectivity index is 2.01. The minimum absolute atomic E-state index is 0.0991. The van der Waals surface area contributed by atoms with E-state index in [-0.39, 0.29) is 6.54 Å². The first-order valence-corrected chi connectivity index (χ1v) is 7.69.